The Bertz CT molecular complexity index is 954. The summed E-state index contributed by atoms with van der Waals surface area (Å²) in [5.41, 5.74) is 0.662. The minimum atomic E-state index is -0.414. The van der Waals surface area contributed by atoms with E-state index in [4.69, 9.17) is 4.74 Å². The number of carbonyl (C=O) groups is 1. The van der Waals surface area contributed by atoms with Gasteiger partial charge in [0.25, 0.3) is 0 Å². The number of ether oxygens (including phenoxy) is 1. The number of H-pyrrole nitrogens is 1. The van der Waals surface area contributed by atoms with E-state index in [2.05, 4.69) is 10.3 Å². The van der Waals surface area contributed by atoms with E-state index < -0.39 is 6.10 Å². The van der Waals surface area contributed by atoms with Crippen molar-refractivity contribution >= 4 is 16.9 Å². The molecular weight excluding hydrogens is 406 g/mol. The first-order valence-corrected chi connectivity index (χ1v) is 12.1. The molecule has 0 spiro atoms. The van der Waals surface area contributed by atoms with Crippen LogP contribution in [0.1, 0.15) is 64.2 Å². The summed E-state index contributed by atoms with van der Waals surface area (Å²) < 4.78 is 5.84. The zero-order valence-corrected chi connectivity index (χ0v) is 18.7. The molecule has 2 aliphatic rings. The number of urea groups is 1. The quantitative estimate of drug-likeness (QED) is 0.567. The van der Waals surface area contributed by atoms with E-state index in [0.29, 0.717) is 19.6 Å². The van der Waals surface area contributed by atoms with Gasteiger partial charge in [-0.2, -0.15) is 0 Å². The van der Waals surface area contributed by atoms with Crippen LogP contribution >= 0.6 is 0 Å². The lowest BCUT2D eigenvalue weighted by atomic mass is 9.87. The molecule has 0 radical (unpaired) electrons. The number of hydrogen-bond donors (Lipinski definition) is 3. The molecule has 174 valence electrons. The van der Waals surface area contributed by atoms with Crippen molar-refractivity contribution in [2.45, 2.75) is 82.4 Å². The molecule has 7 nitrogen and oxygen atoms in total. The van der Waals surface area contributed by atoms with Gasteiger partial charge in [-0.05, 0) is 56.4 Å². The predicted molar refractivity (Wildman–Crippen MR) is 125 cm³/mol. The van der Waals surface area contributed by atoms with Crippen LogP contribution < -0.4 is 15.6 Å². The summed E-state index contributed by atoms with van der Waals surface area (Å²) in [6, 6.07) is 8.99. The number of aliphatic hydroxyl groups is 1. The summed E-state index contributed by atoms with van der Waals surface area (Å²) in [7, 11) is 0. The molecular formula is C25H35N3O4. The number of nitrogens with one attached hydrogen (secondary N) is 2. The molecule has 2 aliphatic carbocycles. The molecule has 2 saturated carbocycles. The van der Waals surface area contributed by atoms with E-state index in [0.717, 1.165) is 68.0 Å². The number of nitrogens with zero attached hydrogens (tertiary/aromatic N) is 1. The summed E-state index contributed by atoms with van der Waals surface area (Å²) >= 11 is 0. The molecule has 0 aliphatic heterocycles. The molecule has 7 heteroatoms. The van der Waals surface area contributed by atoms with Gasteiger partial charge in [0.1, 0.15) is 5.75 Å². The number of aromatic nitrogens is 1. The van der Waals surface area contributed by atoms with E-state index in [9.17, 15) is 14.7 Å². The van der Waals surface area contributed by atoms with Crippen molar-refractivity contribution < 1.29 is 14.6 Å². The number of hydrogen-bond acceptors (Lipinski definition) is 4. The first kappa shape index (κ1) is 22.6. The highest BCUT2D eigenvalue weighted by Gasteiger charge is 2.36. The average Bonchev–Trinajstić information content (AvgIpc) is 2.81. The van der Waals surface area contributed by atoms with Gasteiger partial charge in [-0.3, -0.25) is 4.79 Å². The maximum Gasteiger partial charge on any atom is 0.317 e. The number of rotatable bonds is 7. The third-order valence-electron chi connectivity index (χ3n) is 6.82. The van der Waals surface area contributed by atoms with Gasteiger partial charge in [-0.25, -0.2) is 4.79 Å². The zero-order chi connectivity index (χ0) is 22.3. The molecule has 2 amide bonds. The zero-order valence-electron chi connectivity index (χ0n) is 18.7. The Morgan fingerprint density at radius 2 is 1.84 bits per heavy atom. The van der Waals surface area contributed by atoms with E-state index in [1.165, 1.54) is 12.5 Å². The Balaban J connectivity index is 1.28. The molecule has 2 fully saturated rings. The van der Waals surface area contributed by atoms with Crippen LogP contribution in [0.5, 0.6) is 5.75 Å². The van der Waals surface area contributed by atoms with E-state index >= 15 is 0 Å². The van der Waals surface area contributed by atoms with E-state index in [1.54, 1.807) is 6.07 Å². The lowest BCUT2D eigenvalue weighted by Gasteiger charge is -2.43. The molecule has 32 heavy (non-hydrogen) atoms. The lowest BCUT2D eigenvalue weighted by Crippen LogP contribution is -2.56. The van der Waals surface area contributed by atoms with Crippen molar-refractivity contribution in [1.29, 1.82) is 0 Å². The molecule has 2 aromatic rings. The highest BCUT2D eigenvalue weighted by atomic mass is 16.5. The normalized spacial score (nSPS) is 21.9. The number of aromatic amines is 1. The van der Waals surface area contributed by atoms with Crippen molar-refractivity contribution in [3.8, 4) is 5.75 Å². The maximum absolute atomic E-state index is 13.1. The van der Waals surface area contributed by atoms with Gasteiger partial charge in [0.05, 0.1) is 18.8 Å². The number of pyridine rings is 1. The summed E-state index contributed by atoms with van der Waals surface area (Å²) in [5, 5.41) is 14.6. The minimum absolute atomic E-state index is 0.0440. The third-order valence-corrected chi connectivity index (χ3v) is 6.82. The van der Waals surface area contributed by atoms with Gasteiger partial charge < -0.3 is 25.0 Å². The van der Waals surface area contributed by atoms with Gasteiger partial charge in [0.15, 0.2) is 0 Å². The van der Waals surface area contributed by atoms with Crippen molar-refractivity contribution in [2.75, 3.05) is 13.2 Å². The molecule has 2 atom stereocenters. The molecule has 1 aromatic carbocycles. The Labute approximate surface area is 189 Å². The molecule has 1 heterocycles. The fraction of sp³-hybridized carbons (Fsp3) is 0.600. The fourth-order valence-corrected chi connectivity index (χ4v) is 5.13. The summed E-state index contributed by atoms with van der Waals surface area (Å²) in [4.78, 5) is 29.3. The summed E-state index contributed by atoms with van der Waals surface area (Å²) in [6.07, 6.45) is 9.70. The second kappa shape index (κ2) is 10.9. The molecule has 1 aromatic heterocycles. The van der Waals surface area contributed by atoms with Crippen LogP contribution in [-0.4, -0.2) is 52.4 Å². The second-order valence-corrected chi connectivity index (χ2v) is 9.12. The fourth-order valence-electron chi connectivity index (χ4n) is 5.13. The summed E-state index contributed by atoms with van der Waals surface area (Å²) in [5.74, 6) is 0.741. The van der Waals surface area contributed by atoms with Gasteiger partial charge >= 0.3 is 6.03 Å². The van der Waals surface area contributed by atoms with Crippen molar-refractivity contribution in [3.63, 3.8) is 0 Å². The third kappa shape index (κ3) is 5.63. The SMILES string of the molecule is O=C(NCCCOc1ccc2[nH]c(=O)ccc2c1)N(C1CCCCC1)[C@H]1CCCC[C@@H]1O. The average molecular weight is 442 g/mol. The van der Waals surface area contributed by atoms with Crippen molar-refractivity contribution in [2.24, 2.45) is 0 Å². The Hall–Kier alpha value is -2.54. The first-order chi connectivity index (χ1) is 15.6. The number of benzene rings is 1. The van der Waals surface area contributed by atoms with Crippen LogP contribution in [0.25, 0.3) is 10.9 Å². The second-order valence-electron chi connectivity index (χ2n) is 9.12. The number of aliphatic hydroxyl groups excluding tert-OH is 1. The van der Waals surface area contributed by atoms with Gasteiger partial charge in [-0.15, -0.1) is 0 Å². The van der Waals surface area contributed by atoms with Crippen LogP contribution in [0.2, 0.25) is 0 Å². The number of amides is 2. The van der Waals surface area contributed by atoms with Crippen LogP contribution in [-0.2, 0) is 0 Å². The standard InChI is InChI=1S/C25H35N3O4/c29-23-10-5-4-9-22(23)28(19-7-2-1-3-8-19)25(31)26-15-6-16-32-20-12-13-21-18(17-20)11-14-24(30)27-21/h11-14,17,19,22-23,29H,1-10,15-16H2,(H,26,31)(H,27,30)/t22-,23-/m0/s1. The Morgan fingerprint density at radius 1 is 1.06 bits per heavy atom. The number of fused-ring (bicyclic) bond motifs is 1. The highest BCUT2D eigenvalue weighted by Crippen LogP contribution is 2.30. The highest BCUT2D eigenvalue weighted by molar-refractivity contribution is 5.79. The minimum Gasteiger partial charge on any atom is -0.494 e. The summed E-state index contributed by atoms with van der Waals surface area (Å²) in [6.45, 7) is 1.02. The Kier molecular flexibility index (Phi) is 7.68. The van der Waals surface area contributed by atoms with Gasteiger partial charge in [0, 0.05) is 29.6 Å². The lowest BCUT2D eigenvalue weighted by molar-refractivity contribution is 0.0124. The molecule has 4 rings (SSSR count). The van der Waals surface area contributed by atoms with Crippen LogP contribution in [0, 0.1) is 0 Å². The van der Waals surface area contributed by atoms with Gasteiger partial charge in [0.2, 0.25) is 5.56 Å². The van der Waals surface area contributed by atoms with E-state index in [-0.39, 0.29) is 23.7 Å². The number of carbonyl (C=O) groups excluding carboxylic acids is 1. The molecule has 3 N–H and O–H groups in total. The van der Waals surface area contributed by atoms with Crippen LogP contribution in [0.15, 0.2) is 35.1 Å². The van der Waals surface area contributed by atoms with E-state index in [1.807, 2.05) is 23.1 Å². The largest absolute Gasteiger partial charge is 0.494 e. The van der Waals surface area contributed by atoms with Gasteiger partial charge in [-0.1, -0.05) is 32.1 Å². The molecule has 0 saturated heterocycles. The van der Waals surface area contributed by atoms with Crippen molar-refractivity contribution in [3.05, 3.63) is 40.7 Å². The smallest absolute Gasteiger partial charge is 0.317 e. The van der Waals surface area contributed by atoms with Crippen LogP contribution in [0.4, 0.5) is 4.79 Å². The van der Waals surface area contributed by atoms with Crippen molar-refractivity contribution in [1.82, 2.24) is 15.2 Å². The predicted octanol–water partition coefficient (Wildman–Crippen LogP) is 3.94. The first-order valence-electron chi connectivity index (χ1n) is 12.1. The molecule has 0 bridgehead atoms. The van der Waals surface area contributed by atoms with Crippen LogP contribution in [0.3, 0.4) is 0 Å². The monoisotopic (exact) mass is 441 g/mol. The molecule has 0 unspecified atom stereocenters. The Morgan fingerprint density at radius 3 is 2.66 bits per heavy atom. The topological polar surface area (TPSA) is 94.7 Å². The maximum atomic E-state index is 13.1.